The summed E-state index contributed by atoms with van der Waals surface area (Å²) in [6.45, 7) is 2.08. The van der Waals surface area contributed by atoms with Gasteiger partial charge in [0.15, 0.2) is 0 Å². The van der Waals surface area contributed by atoms with Crippen LogP contribution in [-0.2, 0) is 6.42 Å². The second-order valence-electron chi connectivity index (χ2n) is 3.95. The Morgan fingerprint density at radius 3 is 2.40 bits per heavy atom. The molecule has 1 rings (SSSR count). The quantitative estimate of drug-likeness (QED) is 0.677. The van der Waals surface area contributed by atoms with Crippen molar-refractivity contribution >= 4 is 43.5 Å². The van der Waals surface area contributed by atoms with E-state index in [1.165, 1.54) is 6.07 Å². The molecule has 0 N–H and O–H groups in total. The first-order valence-corrected chi connectivity index (χ1v) is 7.19. The third kappa shape index (κ3) is 3.43. The largest absolute Gasteiger partial charge is 0.207 e. The maximum absolute atomic E-state index is 13.5. The van der Waals surface area contributed by atoms with E-state index < -0.39 is 0 Å². The van der Waals surface area contributed by atoms with E-state index in [1.54, 1.807) is 12.1 Å². The summed E-state index contributed by atoms with van der Waals surface area (Å²) in [5, 5.41) is 2.11. The van der Waals surface area contributed by atoms with Crippen molar-refractivity contribution in [3.05, 3.63) is 34.6 Å². The van der Waals surface area contributed by atoms with Gasteiger partial charge < -0.3 is 0 Å². The highest BCUT2D eigenvalue weighted by Crippen LogP contribution is 2.31. The van der Waals surface area contributed by atoms with Crippen LogP contribution >= 0.6 is 43.5 Å². The number of halogens is 4. The third-order valence-electron chi connectivity index (χ3n) is 2.31. The Bertz CT molecular complexity index is 317. The predicted molar refractivity (Wildman–Crippen MR) is 70.8 cm³/mol. The van der Waals surface area contributed by atoms with Crippen LogP contribution in [0.15, 0.2) is 18.2 Å². The molecule has 4 heteroatoms. The summed E-state index contributed by atoms with van der Waals surface area (Å²) in [5.41, 5.74) is 0.576. The SMILES string of the molecule is CC(CBr)(CBr)Cc1c(F)cccc1Cl. The molecule has 0 aliphatic rings. The predicted octanol–water partition coefficient (Wildman–Crippen LogP) is 4.82. The molecule has 0 bridgehead atoms. The fourth-order valence-electron chi connectivity index (χ4n) is 1.26. The summed E-state index contributed by atoms with van der Waals surface area (Å²) in [4.78, 5) is 0. The van der Waals surface area contributed by atoms with Gasteiger partial charge >= 0.3 is 0 Å². The van der Waals surface area contributed by atoms with E-state index in [2.05, 4.69) is 38.8 Å². The minimum Gasteiger partial charge on any atom is -0.207 e. The molecule has 0 fully saturated rings. The van der Waals surface area contributed by atoms with E-state index in [0.717, 1.165) is 10.7 Å². The Kier molecular flexibility index (Phi) is 5.07. The fourth-order valence-corrected chi connectivity index (χ4v) is 2.81. The molecular formula is C11H12Br2ClF. The molecule has 0 aromatic heterocycles. The lowest BCUT2D eigenvalue weighted by atomic mass is 9.88. The van der Waals surface area contributed by atoms with Crippen LogP contribution < -0.4 is 0 Å². The van der Waals surface area contributed by atoms with E-state index in [4.69, 9.17) is 11.6 Å². The zero-order chi connectivity index (χ0) is 11.5. The van der Waals surface area contributed by atoms with Crippen LogP contribution in [0, 0.1) is 11.2 Å². The highest BCUT2D eigenvalue weighted by Gasteiger charge is 2.24. The maximum Gasteiger partial charge on any atom is 0.127 e. The van der Waals surface area contributed by atoms with Gasteiger partial charge in [0.2, 0.25) is 0 Å². The number of hydrogen-bond donors (Lipinski definition) is 0. The van der Waals surface area contributed by atoms with Gasteiger partial charge in [-0.1, -0.05) is 56.5 Å². The van der Waals surface area contributed by atoms with Crippen LogP contribution in [-0.4, -0.2) is 10.7 Å². The topological polar surface area (TPSA) is 0 Å². The minimum atomic E-state index is -0.226. The van der Waals surface area contributed by atoms with E-state index >= 15 is 0 Å². The van der Waals surface area contributed by atoms with Crippen LogP contribution in [0.1, 0.15) is 12.5 Å². The Balaban J connectivity index is 2.98. The van der Waals surface area contributed by atoms with Gasteiger partial charge in [0, 0.05) is 21.2 Å². The normalized spacial score (nSPS) is 11.8. The Labute approximate surface area is 111 Å². The van der Waals surface area contributed by atoms with Gasteiger partial charge in [-0.25, -0.2) is 4.39 Å². The molecule has 0 unspecified atom stereocenters. The maximum atomic E-state index is 13.5. The third-order valence-corrected chi connectivity index (χ3v) is 5.37. The van der Waals surface area contributed by atoms with Gasteiger partial charge in [0.05, 0.1) is 0 Å². The molecule has 0 amide bonds. The molecule has 0 spiro atoms. The van der Waals surface area contributed by atoms with Crippen molar-refractivity contribution in [3.8, 4) is 0 Å². The molecule has 0 nitrogen and oxygen atoms in total. The van der Waals surface area contributed by atoms with Crippen molar-refractivity contribution in [2.24, 2.45) is 5.41 Å². The van der Waals surface area contributed by atoms with Crippen molar-refractivity contribution in [2.75, 3.05) is 10.7 Å². The molecule has 0 atom stereocenters. The van der Waals surface area contributed by atoms with Gasteiger partial charge in [0.1, 0.15) is 5.82 Å². The van der Waals surface area contributed by atoms with Crippen molar-refractivity contribution < 1.29 is 4.39 Å². The lowest BCUT2D eigenvalue weighted by molar-refractivity contribution is 0.427. The van der Waals surface area contributed by atoms with Crippen LogP contribution in [0.2, 0.25) is 5.02 Å². The van der Waals surface area contributed by atoms with Crippen LogP contribution in [0.3, 0.4) is 0 Å². The molecule has 0 saturated heterocycles. The molecule has 15 heavy (non-hydrogen) atoms. The van der Waals surface area contributed by atoms with Crippen LogP contribution in [0.5, 0.6) is 0 Å². The molecule has 0 saturated carbocycles. The Morgan fingerprint density at radius 1 is 1.33 bits per heavy atom. The molecule has 0 aliphatic carbocycles. The molecular weight excluding hydrogens is 346 g/mol. The first kappa shape index (κ1) is 13.5. The van der Waals surface area contributed by atoms with E-state index in [9.17, 15) is 4.39 Å². The summed E-state index contributed by atoms with van der Waals surface area (Å²) in [5.74, 6) is -0.226. The second-order valence-corrected chi connectivity index (χ2v) is 5.48. The highest BCUT2D eigenvalue weighted by atomic mass is 79.9. The summed E-state index contributed by atoms with van der Waals surface area (Å²) in [6, 6.07) is 4.80. The Hall–Kier alpha value is 0.400. The number of rotatable bonds is 4. The lowest BCUT2D eigenvalue weighted by Crippen LogP contribution is -2.24. The van der Waals surface area contributed by atoms with Gasteiger partial charge in [-0.15, -0.1) is 0 Å². The molecule has 0 radical (unpaired) electrons. The van der Waals surface area contributed by atoms with E-state index in [0.29, 0.717) is 17.0 Å². The molecule has 84 valence electrons. The molecule has 1 aromatic rings. The van der Waals surface area contributed by atoms with Crippen LogP contribution in [0.4, 0.5) is 4.39 Å². The Morgan fingerprint density at radius 2 is 1.93 bits per heavy atom. The number of benzene rings is 1. The summed E-state index contributed by atoms with van der Waals surface area (Å²) >= 11 is 12.9. The smallest absolute Gasteiger partial charge is 0.127 e. The number of alkyl halides is 2. The molecule has 1 aromatic carbocycles. The van der Waals surface area contributed by atoms with E-state index in [1.807, 2.05) is 0 Å². The lowest BCUT2D eigenvalue weighted by Gasteiger charge is -2.25. The highest BCUT2D eigenvalue weighted by molar-refractivity contribution is 9.09. The van der Waals surface area contributed by atoms with Crippen molar-refractivity contribution in [1.82, 2.24) is 0 Å². The van der Waals surface area contributed by atoms with Crippen molar-refractivity contribution in [1.29, 1.82) is 0 Å². The number of hydrogen-bond acceptors (Lipinski definition) is 0. The van der Waals surface area contributed by atoms with Gasteiger partial charge in [-0.2, -0.15) is 0 Å². The first-order valence-electron chi connectivity index (χ1n) is 4.57. The first-order chi connectivity index (χ1) is 7.02. The molecule has 0 aliphatic heterocycles. The van der Waals surface area contributed by atoms with Gasteiger partial charge in [-0.05, 0) is 24.0 Å². The minimum absolute atomic E-state index is 0.0220. The van der Waals surface area contributed by atoms with Crippen molar-refractivity contribution in [2.45, 2.75) is 13.3 Å². The fraction of sp³-hybridized carbons (Fsp3) is 0.455. The van der Waals surface area contributed by atoms with Crippen molar-refractivity contribution in [3.63, 3.8) is 0 Å². The summed E-state index contributed by atoms with van der Waals surface area (Å²) < 4.78 is 13.5. The zero-order valence-electron chi connectivity index (χ0n) is 8.37. The van der Waals surface area contributed by atoms with Crippen LogP contribution in [0.25, 0.3) is 0 Å². The van der Waals surface area contributed by atoms with E-state index in [-0.39, 0.29) is 11.2 Å². The average Bonchev–Trinajstić information content (AvgIpc) is 2.23. The monoisotopic (exact) mass is 356 g/mol. The molecule has 0 heterocycles. The van der Waals surface area contributed by atoms with Gasteiger partial charge in [-0.3, -0.25) is 0 Å². The van der Waals surface area contributed by atoms with Gasteiger partial charge in [0.25, 0.3) is 0 Å². The zero-order valence-corrected chi connectivity index (χ0v) is 12.3. The summed E-state index contributed by atoms with van der Waals surface area (Å²) in [7, 11) is 0. The summed E-state index contributed by atoms with van der Waals surface area (Å²) in [6.07, 6.45) is 0.620. The standard InChI is InChI=1S/C11H12Br2ClF/c1-11(6-12,7-13)5-8-9(14)3-2-4-10(8)15/h2-4H,5-7H2,1H3. The average molecular weight is 358 g/mol. The second kappa shape index (κ2) is 5.65.